The normalized spacial score (nSPS) is 22.1. The monoisotopic (exact) mass is 458 g/mol. The maximum Gasteiger partial charge on any atom is 0.371 e. The molecule has 9 nitrogen and oxygen atoms in total. The molecule has 0 bridgehead atoms. The lowest BCUT2D eigenvalue weighted by Crippen LogP contribution is -2.34. The lowest BCUT2D eigenvalue weighted by atomic mass is 10.1. The second-order valence-electron chi connectivity index (χ2n) is 8.79. The third-order valence-corrected chi connectivity index (χ3v) is 6.32. The molecule has 2 unspecified atom stereocenters. The van der Waals surface area contributed by atoms with Crippen LogP contribution in [0.25, 0.3) is 0 Å². The Hall–Kier alpha value is -3.72. The van der Waals surface area contributed by atoms with Crippen LogP contribution in [-0.2, 0) is 9.53 Å². The van der Waals surface area contributed by atoms with Gasteiger partial charge in [-0.3, -0.25) is 4.48 Å². The summed E-state index contributed by atoms with van der Waals surface area (Å²) in [7, 11) is 0. The van der Waals surface area contributed by atoms with Crippen molar-refractivity contribution in [3.8, 4) is 0 Å². The van der Waals surface area contributed by atoms with E-state index in [2.05, 4.69) is 36.0 Å². The van der Waals surface area contributed by atoms with Crippen LogP contribution in [0.1, 0.15) is 50.8 Å². The molecule has 3 aromatic rings. The number of pyridine rings is 1. The molecule has 0 radical (unpaired) electrons. The van der Waals surface area contributed by atoms with Crippen LogP contribution >= 0.6 is 0 Å². The molecular weight excluding hydrogens is 430 g/mol. The fraction of sp³-hybridized carbons (Fsp3) is 0.360. The molecule has 2 aliphatic rings. The van der Waals surface area contributed by atoms with E-state index in [1.165, 1.54) is 0 Å². The van der Waals surface area contributed by atoms with Crippen LogP contribution in [0.15, 0.2) is 58.8 Å². The first kappa shape index (κ1) is 22.1. The maximum absolute atomic E-state index is 12.3. The van der Waals surface area contributed by atoms with Crippen molar-refractivity contribution in [3.05, 3.63) is 65.9 Å². The minimum atomic E-state index is -0.186. The van der Waals surface area contributed by atoms with Gasteiger partial charge >= 0.3 is 5.97 Å². The van der Waals surface area contributed by atoms with Crippen LogP contribution in [0.2, 0.25) is 0 Å². The number of aromatic nitrogens is 4. The van der Waals surface area contributed by atoms with Crippen LogP contribution in [0.4, 0.5) is 11.5 Å². The number of aliphatic imine (C=N–C) groups is 1. The zero-order valence-corrected chi connectivity index (χ0v) is 19.8. The predicted octanol–water partition coefficient (Wildman–Crippen LogP) is 3.46. The fourth-order valence-electron chi connectivity index (χ4n) is 4.30. The number of quaternary nitrogens is 1. The van der Waals surface area contributed by atoms with Crippen molar-refractivity contribution in [2.45, 2.75) is 39.7 Å². The number of esters is 1. The predicted molar refractivity (Wildman–Crippen MR) is 131 cm³/mol. The van der Waals surface area contributed by atoms with Crippen LogP contribution in [0.5, 0.6) is 0 Å². The largest absolute Gasteiger partial charge is 0.461 e. The molecule has 0 aliphatic carbocycles. The van der Waals surface area contributed by atoms with Gasteiger partial charge < -0.3 is 4.74 Å². The zero-order valence-electron chi connectivity index (χ0n) is 19.8. The summed E-state index contributed by atoms with van der Waals surface area (Å²) >= 11 is 0. The van der Waals surface area contributed by atoms with Gasteiger partial charge in [-0.2, -0.15) is 0 Å². The topological polar surface area (TPSA) is 94.6 Å². The number of benzene rings is 1. The Morgan fingerprint density at radius 3 is 2.65 bits per heavy atom. The first-order valence-electron chi connectivity index (χ1n) is 11.7. The highest BCUT2D eigenvalue weighted by Crippen LogP contribution is 2.38. The Kier molecular flexibility index (Phi) is 5.57. The van der Waals surface area contributed by atoms with Crippen LogP contribution in [0.3, 0.4) is 0 Å². The van der Waals surface area contributed by atoms with E-state index in [1.807, 2.05) is 49.4 Å². The standard InChI is InChI=1S/C25H28N7O2/c1-5-32(15-19(32)25(33)34-6-2)20-13-12-18(14-26-20)27-22-21(17-10-8-7-9-11-17)29-31-24(22)28-23(30-31)16(3)4/h7-14,16,19H,5-6,15H2,1-4H3/q+1. The number of rotatable bonds is 7. The smallest absolute Gasteiger partial charge is 0.371 e. The molecule has 2 atom stereocenters. The van der Waals surface area contributed by atoms with Gasteiger partial charge in [0.1, 0.15) is 18.0 Å². The summed E-state index contributed by atoms with van der Waals surface area (Å²) in [6.45, 7) is 9.87. The third kappa shape index (κ3) is 3.71. The molecule has 1 fully saturated rings. The van der Waals surface area contributed by atoms with Gasteiger partial charge in [-0.1, -0.05) is 44.2 Å². The number of fused-ring (bicyclic) bond motifs is 1. The van der Waals surface area contributed by atoms with Crippen molar-refractivity contribution in [2.24, 2.45) is 10.1 Å². The summed E-state index contributed by atoms with van der Waals surface area (Å²) in [6, 6.07) is 13.6. The van der Waals surface area contributed by atoms with Crippen molar-refractivity contribution in [1.82, 2.24) is 24.3 Å². The van der Waals surface area contributed by atoms with Crippen LogP contribution in [0, 0.1) is 0 Å². The van der Waals surface area contributed by atoms with Gasteiger partial charge in [0.15, 0.2) is 5.82 Å². The summed E-state index contributed by atoms with van der Waals surface area (Å²) in [5, 5.41) is 9.22. The summed E-state index contributed by atoms with van der Waals surface area (Å²) in [6.07, 6.45) is 1.74. The number of hydrogen-bond acceptors (Lipinski definition) is 7. The second-order valence-corrected chi connectivity index (χ2v) is 8.79. The average Bonchev–Trinajstić information content (AvgIpc) is 3.31. The highest BCUT2D eigenvalue weighted by molar-refractivity contribution is 6.54. The van der Waals surface area contributed by atoms with E-state index in [4.69, 9.17) is 14.7 Å². The molecule has 9 heteroatoms. The first-order valence-corrected chi connectivity index (χ1v) is 11.7. The van der Waals surface area contributed by atoms with Gasteiger partial charge in [-0.15, -0.1) is 15.0 Å². The van der Waals surface area contributed by atoms with E-state index in [0.717, 1.165) is 29.5 Å². The first-order chi connectivity index (χ1) is 16.5. The van der Waals surface area contributed by atoms with Crippen LogP contribution < -0.4 is 4.48 Å². The van der Waals surface area contributed by atoms with E-state index < -0.39 is 0 Å². The van der Waals surface area contributed by atoms with Gasteiger partial charge in [0.05, 0.1) is 25.0 Å². The van der Waals surface area contributed by atoms with Crippen molar-refractivity contribution >= 4 is 28.9 Å². The van der Waals surface area contributed by atoms with E-state index in [0.29, 0.717) is 34.9 Å². The van der Waals surface area contributed by atoms with Crippen molar-refractivity contribution in [1.29, 1.82) is 0 Å². The Morgan fingerprint density at radius 1 is 1.21 bits per heavy atom. The lowest BCUT2D eigenvalue weighted by molar-refractivity contribution is -0.143. The molecule has 5 rings (SSSR count). The number of hydrogen-bond donors (Lipinski definition) is 0. The Labute approximate surface area is 198 Å². The summed E-state index contributed by atoms with van der Waals surface area (Å²) in [5.74, 6) is 2.22. The van der Waals surface area contributed by atoms with Crippen molar-refractivity contribution in [3.63, 3.8) is 0 Å². The van der Waals surface area contributed by atoms with Crippen LogP contribution in [-0.4, -0.2) is 63.0 Å². The van der Waals surface area contributed by atoms with Crippen molar-refractivity contribution < 1.29 is 9.53 Å². The molecule has 0 amide bonds. The maximum atomic E-state index is 12.3. The van der Waals surface area contributed by atoms with Gasteiger partial charge in [-0.25, -0.2) is 19.8 Å². The van der Waals surface area contributed by atoms with E-state index in [-0.39, 0.29) is 17.9 Å². The fourth-order valence-corrected chi connectivity index (χ4v) is 4.30. The third-order valence-electron chi connectivity index (χ3n) is 6.32. The number of carbonyl (C=O) groups is 1. The Morgan fingerprint density at radius 2 is 2.00 bits per heavy atom. The lowest BCUT2D eigenvalue weighted by Gasteiger charge is -2.16. The van der Waals surface area contributed by atoms with E-state index >= 15 is 0 Å². The van der Waals surface area contributed by atoms with Gasteiger partial charge in [-0.05, 0) is 19.9 Å². The van der Waals surface area contributed by atoms with Crippen molar-refractivity contribution in [2.75, 3.05) is 19.7 Å². The molecule has 1 aromatic carbocycles. The quantitative estimate of drug-likeness (QED) is 0.307. The average molecular weight is 459 g/mol. The number of ether oxygens (including phenoxy) is 1. The number of carbonyl (C=O) groups excluding carboxylic acids is 1. The highest BCUT2D eigenvalue weighted by atomic mass is 16.5. The summed E-state index contributed by atoms with van der Waals surface area (Å²) in [5.41, 5.74) is 3.02. The molecule has 4 heterocycles. The number of likely N-dealkylation sites (N-methyl/N-ethyl adjacent to an activating group) is 1. The molecule has 0 N–H and O–H groups in total. The molecule has 34 heavy (non-hydrogen) atoms. The Balaban J connectivity index is 1.48. The molecule has 174 valence electrons. The zero-order chi connectivity index (χ0) is 23.9. The number of nitrogens with zero attached hydrogens (tertiary/aromatic N) is 7. The second kappa shape index (κ2) is 8.57. The van der Waals surface area contributed by atoms with Gasteiger partial charge in [0.25, 0.3) is 0 Å². The minimum Gasteiger partial charge on any atom is -0.461 e. The molecule has 1 saturated heterocycles. The van der Waals surface area contributed by atoms with Gasteiger partial charge in [0.2, 0.25) is 17.7 Å². The Bertz CT molecular complexity index is 1280. The molecule has 2 aliphatic heterocycles. The SMILES string of the molecule is CCOC(=O)C1C[N+]1(CC)c1ccc(N=C2C(c3ccccc3)=Nn3nc(C(C)C)nc32)cn1. The van der Waals surface area contributed by atoms with Gasteiger partial charge in [0, 0.05) is 17.5 Å². The summed E-state index contributed by atoms with van der Waals surface area (Å²) in [4.78, 5) is 28.1. The minimum absolute atomic E-state index is 0.162. The van der Waals surface area contributed by atoms with E-state index in [1.54, 1.807) is 11.0 Å². The highest BCUT2D eigenvalue weighted by Gasteiger charge is 2.62. The molecule has 0 saturated carbocycles. The molecular formula is C25H28N7O2+. The molecule has 0 spiro atoms. The molecule has 2 aromatic heterocycles. The summed E-state index contributed by atoms with van der Waals surface area (Å²) < 4.78 is 5.74. The van der Waals surface area contributed by atoms with E-state index in [9.17, 15) is 4.79 Å².